The van der Waals surface area contributed by atoms with Crippen molar-refractivity contribution in [2.75, 3.05) is 23.4 Å². The summed E-state index contributed by atoms with van der Waals surface area (Å²) in [5.74, 6) is 2.06. The zero-order valence-corrected chi connectivity index (χ0v) is 14.6. The van der Waals surface area contributed by atoms with Crippen LogP contribution in [-0.4, -0.2) is 44.0 Å². The molecule has 1 aliphatic heterocycles. The van der Waals surface area contributed by atoms with E-state index in [1.807, 2.05) is 24.0 Å². The maximum Gasteiger partial charge on any atom is 0.134 e. The Hall–Kier alpha value is -2.15. The lowest BCUT2D eigenvalue weighted by Gasteiger charge is -2.24. The van der Waals surface area contributed by atoms with Crippen LogP contribution in [0.1, 0.15) is 43.9 Å². The number of aliphatic hydroxyl groups is 1. The van der Waals surface area contributed by atoms with E-state index in [0.717, 1.165) is 36.7 Å². The van der Waals surface area contributed by atoms with Gasteiger partial charge in [-0.25, -0.2) is 9.97 Å². The molecule has 0 bridgehead atoms. The number of hydrogen-bond donors (Lipinski definition) is 2. The first-order valence-corrected chi connectivity index (χ1v) is 8.54. The van der Waals surface area contributed by atoms with Gasteiger partial charge in [0.15, 0.2) is 0 Å². The van der Waals surface area contributed by atoms with Gasteiger partial charge in [-0.2, -0.15) is 5.10 Å². The van der Waals surface area contributed by atoms with Crippen molar-refractivity contribution in [2.24, 2.45) is 7.05 Å². The van der Waals surface area contributed by atoms with Gasteiger partial charge in [0.25, 0.3) is 0 Å². The standard InChI is InChI=1S/C17H26N6O/c1-12(2)17-13(9-22(3)21-17)8-18-15-7-16(20-11-19-15)23-6-4-5-14(23)10-24/h7,9,11-12,14,24H,4-6,8,10H2,1-3H3,(H,18,19,20)/t14-/m0/s1. The zero-order valence-electron chi connectivity index (χ0n) is 14.6. The fraction of sp³-hybridized carbons (Fsp3) is 0.588. The highest BCUT2D eigenvalue weighted by atomic mass is 16.3. The first-order valence-electron chi connectivity index (χ1n) is 8.54. The number of hydrogen-bond acceptors (Lipinski definition) is 6. The Labute approximate surface area is 142 Å². The van der Waals surface area contributed by atoms with Crippen molar-refractivity contribution in [1.82, 2.24) is 19.7 Å². The van der Waals surface area contributed by atoms with Gasteiger partial charge in [-0.15, -0.1) is 0 Å². The molecule has 3 rings (SSSR count). The van der Waals surface area contributed by atoms with E-state index in [-0.39, 0.29) is 12.6 Å². The zero-order chi connectivity index (χ0) is 17.1. The quantitative estimate of drug-likeness (QED) is 0.842. The summed E-state index contributed by atoms with van der Waals surface area (Å²) >= 11 is 0. The number of aliphatic hydroxyl groups excluding tert-OH is 1. The van der Waals surface area contributed by atoms with Crippen molar-refractivity contribution < 1.29 is 5.11 Å². The topological polar surface area (TPSA) is 79.1 Å². The van der Waals surface area contributed by atoms with Crippen LogP contribution in [0.5, 0.6) is 0 Å². The normalized spacial score (nSPS) is 17.7. The van der Waals surface area contributed by atoms with Gasteiger partial charge < -0.3 is 15.3 Å². The Morgan fingerprint density at radius 1 is 1.38 bits per heavy atom. The van der Waals surface area contributed by atoms with E-state index >= 15 is 0 Å². The Morgan fingerprint density at radius 2 is 2.21 bits per heavy atom. The fourth-order valence-electron chi connectivity index (χ4n) is 3.29. The summed E-state index contributed by atoms with van der Waals surface area (Å²) in [4.78, 5) is 10.9. The first kappa shape index (κ1) is 16.7. The summed E-state index contributed by atoms with van der Waals surface area (Å²) in [6, 6.07) is 2.12. The summed E-state index contributed by atoms with van der Waals surface area (Å²) in [5.41, 5.74) is 2.29. The van der Waals surface area contributed by atoms with Gasteiger partial charge in [0.1, 0.15) is 18.0 Å². The molecule has 130 valence electrons. The van der Waals surface area contributed by atoms with Crippen LogP contribution in [0, 0.1) is 0 Å². The lowest BCUT2D eigenvalue weighted by atomic mass is 10.1. The van der Waals surface area contributed by atoms with Crippen molar-refractivity contribution in [3.05, 3.63) is 29.8 Å². The second-order valence-electron chi connectivity index (χ2n) is 6.65. The van der Waals surface area contributed by atoms with E-state index in [9.17, 15) is 5.11 Å². The lowest BCUT2D eigenvalue weighted by Crippen LogP contribution is -2.32. The SMILES string of the molecule is CC(C)c1nn(C)cc1CNc1cc(N2CCC[C@H]2CO)ncn1. The van der Waals surface area contributed by atoms with E-state index in [1.165, 1.54) is 5.56 Å². The van der Waals surface area contributed by atoms with Crippen molar-refractivity contribution >= 4 is 11.6 Å². The van der Waals surface area contributed by atoms with E-state index in [2.05, 4.69) is 39.1 Å². The Bertz CT molecular complexity index is 683. The van der Waals surface area contributed by atoms with Crippen LogP contribution >= 0.6 is 0 Å². The minimum Gasteiger partial charge on any atom is -0.394 e. The fourth-order valence-corrected chi connectivity index (χ4v) is 3.29. The molecule has 0 spiro atoms. The maximum atomic E-state index is 9.49. The average molecular weight is 330 g/mol. The molecule has 1 aliphatic rings. The lowest BCUT2D eigenvalue weighted by molar-refractivity contribution is 0.266. The van der Waals surface area contributed by atoms with Crippen LogP contribution in [0.15, 0.2) is 18.6 Å². The molecule has 24 heavy (non-hydrogen) atoms. The predicted octanol–water partition coefficient (Wildman–Crippen LogP) is 1.91. The molecule has 7 nitrogen and oxygen atoms in total. The molecule has 0 saturated carbocycles. The van der Waals surface area contributed by atoms with Crippen molar-refractivity contribution in [2.45, 2.75) is 45.2 Å². The van der Waals surface area contributed by atoms with Gasteiger partial charge in [0.05, 0.1) is 18.3 Å². The summed E-state index contributed by atoms with van der Waals surface area (Å²) in [7, 11) is 1.95. The molecule has 0 aromatic carbocycles. The number of nitrogens with one attached hydrogen (secondary N) is 1. The van der Waals surface area contributed by atoms with E-state index in [4.69, 9.17) is 0 Å². The molecule has 2 N–H and O–H groups in total. The van der Waals surface area contributed by atoms with Gasteiger partial charge in [-0.3, -0.25) is 4.68 Å². The Balaban J connectivity index is 1.71. The van der Waals surface area contributed by atoms with Crippen LogP contribution in [0.3, 0.4) is 0 Å². The maximum absolute atomic E-state index is 9.49. The molecular weight excluding hydrogens is 304 g/mol. The molecule has 0 radical (unpaired) electrons. The highest BCUT2D eigenvalue weighted by Gasteiger charge is 2.25. The van der Waals surface area contributed by atoms with Crippen molar-refractivity contribution in [1.29, 1.82) is 0 Å². The molecule has 0 aliphatic carbocycles. The van der Waals surface area contributed by atoms with Gasteiger partial charge in [-0.05, 0) is 18.8 Å². The molecular formula is C17H26N6O. The van der Waals surface area contributed by atoms with E-state index < -0.39 is 0 Å². The third kappa shape index (κ3) is 3.51. The highest BCUT2D eigenvalue weighted by Crippen LogP contribution is 2.25. The second-order valence-corrected chi connectivity index (χ2v) is 6.65. The van der Waals surface area contributed by atoms with E-state index in [1.54, 1.807) is 6.33 Å². The van der Waals surface area contributed by atoms with Gasteiger partial charge >= 0.3 is 0 Å². The molecule has 0 unspecified atom stereocenters. The summed E-state index contributed by atoms with van der Waals surface area (Å²) < 4.78 is 1.85. The van der Waals surface area contributed by atoms with Crippen molar-refractivity contribution in [3.63, 3.8) is 0 Å². The molecule has 2 aromatic heterocycles. The molecule has 7 heteroatoms. The molecule has 0 amide bonds. The minimum absolute atomic E-state index is 0.165. The minimum atomic E-state index is 0.165. The summed E-state index contributed by atoms with van der Waals surface area (Å²) in [5, 5.41) is 17.4. The van der Waals surface area contributed by atoms with Crippen LogP contribution < -0.4 is 10.2 Å². The number of rotatable bonds is 6. The van der Waals surface area contributed by atoms with Crippen LogP contribution in [-0.2, 0) is 13.6 Å². The largest absolute Gasteiger partial charge is 0.394 e. The second kappa shape index (κ2) is 7.17. The van der Waals surface area contributed by atoms with E-state index in [0.29, 0.717) is 12.5 Å². The third-order valence-corrected chi connectivity index (χ3v) is 4.48. The predicted molar refractivity (Wildman–Crippen MR) is 94.1 cm³/mol. The number of aryl methyl sites for hydroxylation is 1. The van der Waals surface area contributed by atoms with Crippen molar-refractivity contribution in [3.8, 4) is 0 Å². The molecule has 1 fully saturated rings. The number of aromatic nitrogens is 4. The van der Waals surface area contributed by atoms with Gasteiger partial charge in [0, 0.05) is 38.0 Å². The van der Waals surface area contributed by atoms with Crippen LogP contribution in [0.2, 0.25) is 0 Å². The Morgan fingerprint density at radius 3 is 2.96 bits per heavy atom. The van der Waals surface area contributed by atoms with Gasteiger partial charge in [0.2, 0.25) is 0 Å². The molecule has 1 atom stereocenters. The monoisotopic (exact) mass is 330 g/mol. The average Bonchev–Trinajstić information content (AvgIpc) is 3.19. The highest BCUT2D eigenvalue weighted by molar-refractivity contribution is 5.50. The molecule has 3 heterocycles. The van der Waals surface area contributed by atoms with Crippen LogP contribution in [0.4, 0.5) is 11.6 Å². The summed E-state index contributed by atoms with van der Waals surface area (Å²) in [6.07, 6.45) is 5.73. The van der Waals surface area contributed by atoms with Gasteiger partial charge in [-0.1, -0.05) is 13.8 Å². The smallest absolute Gasteiger partial charge is 0.134 e. The first-order chi connectivity index (χ1) is 11.6. The number of anilines is 2. The van der Waals surface area contributed by atoms with Crippen LogP contribution in [0.25, 0.3) is 0 Å². The molecule has 2 aromatic rings. The molecule has 1 saturated heterocycles. The number of nitrogens with zero attached hydrogens (tertiary/aromatic N) is 5. The Kier molecular flexibility index (Phi) is 4.99. The summed E-state index contributed by atoms with van der Waals surface area (Å²) in [6.45, 7) is 6.08. The third-order valence-electron chi connectivity index (χ3n) is 4.48.